The zero-order valence-electron chi connectivity index (χ0n) is 20.7. The molecule has 2 heterocycles. The molecule has 2 aromatic heterocycles. The number of ether oxygens (including phenoxy) is 2. The van der Waals surface area contributed by atoms with Crippen molar-refractivity contribution in [3.8, 4) is 51.1 Å². The molecule has 5 heteroatoms. The molecule has 0 aliphatic rings. The van der Waals surface area contributed by atoms with Crippen molar-refractivity contribution >= 4 is 11.0 Å². The van der Waals surface area contributed by atoms with Crippen LogP contribution < -0.4 is 14.0 Å². The minimum Gasteiger partial charge on any atom is -0.493 e. The van der Waals surface area contributed by atoms with Crippen molar-refractivity contribution in [2.24, 2.45) is 0 Å². The first-order chi connectivity index (χ1) is 18.2. The molecule has 37 heavy (non-hydrogen) atoms. The van der Waals surface area contributed by atoms with E-state index in [-0.39, 0.29) is 0 Å². The summed E-state index contributed by atoms with van der Waals surface area (Å²) in [5.74, 6) is 2.01. The topological polar surface area (TPSA) is 51.0 Å². The standard InChI is InChI=1S/C32H26N3O2/c1-36-30-20-26-27(21-31(30)37-2)34-32(33-26)35-28(23-14-8-4-9-15-23)18-25(22-12-6-3-7-13-22)19-29(35)24-16-10-5-11-17-24/h3-21H,1-2H3,(H,33,34)/q+1. The zero-order chi connectivity index (χ0) is 25.2. The number of pyridine rings is 1. The van der Waals surface area contributed by atoms with Crippen LogP contribution in [0.4, 0.5) is 0 Å². The summed E-state index contributed by atoms with van der Waals surface area (Å²) in [6, 6.07) is 39.6. The van der Waals surface area contributed by atoms with Gasteiger partial charge in [0.05, 0.1) is 14.2 Å². The Bertz CT molecular complexity index is 1580. The van der Waals surface area contributed by atoms with E-state index in [0.717, 1.165) is 44.7 Å². The molecule has 5 nitrogen and oxygen atoms in total. The van der Waals surface area contributed by atoms with Crippen molar-refractivity contribution in [2.75, 3.05) is 14.2 Å². The van der Waals surface area contributed by atoms with Crippen LogP contribution in [0.25, 0.3) is 50.6 Å². The van der Waals surface area contributed by atoms with Crippen LogP contribution in [0.1, 0.15) is 0 Å². The van der Waals surface area contributed by atoms with Gasteiger partial charge < -0.3 is 9.47 Å². The molecule has 0 aliphatic carbocycles. The van der Waals surface area contributed by atoms with E-state index in [1.807, 2.05) is 30.3 Å². The van der Waals surface area contributed by atoms with Gasteiger partial charge in [0, 0.05) is 23.3 Å². The Morgan fingerprint density at radius 3 is 1.57 bits per heavy atom. The van der Waals surface area contributed by atoms with E-state index in [0.29, 0.717) is 17.4 Å². The van der Waals surface area contributed by atoms with Crippen molar-refractivity contribution in [3.05, 3.63) is 115 Å². The number of nitrogens with one attached hydrogen (secondary N) is 1. The van der Waals surface area contributed by atoms with Gasteiger partial charge in [-0.3, -0.25) is 0 Å². The van der Waals surface area contributed by atoms with Gasteiger partial charge in [-0.1, -0.05) is 96.0 Å². The Balaban J connectivity index is 1.69. The van der Waals surface area contributed by atoms with Crippen LogP contribution in [0, 0.1) is 0 Å². The average Bonchev–Trinajstić information content (AvgIpc) is 3.39. The van der Waals surface area contributed by atoms with Crippen LogP contribution >= 0.6 is 0 Å². The number of nitrogens with zero attached hydrogens (tertiary/aromatic N) is 2. The summed E-state index contributed by atoms with van der Waals surface area (Å²) in [5, 5.41) is 0. The number of rotatable bonds is 6. The van der Waals surface area contributed by atoms with Gasteiger partial charge in [-0.2, -0.15) is 4.57 Å². The number of imidazole rings is 1. The smallest absolute Gasteiger partial charge is 0.402 e. The lowest BCUT2D eigenvalue weighted by molar-refractivity contribution is -0.579. The Kier molecular flexibility index (Phi) is 5.87. The van der Waals surface area contributed by atoms with Gasteiger partial charge >= 0.3 is 5.95 Å². The normalized spacial score (nSPS) is 11.0. The van der Waals surface area contributed by atoms with E-state index in [2.05, 4.69) is 94.5 Å². The first kappa shape index (κ1) is 22.6. The third-order valence-electron chi connectivity index (χ3n) is 6.50. The molecule has 0 spiro atoms. The third kappa shape index (κ3) is 4.21. The summed E-state index contributed by atoms with van der Waals surface area (Å²) in [5.41, 5.74) is 8.19. The number of hydrogen-bond acceptors (Lipinski definition) is 3. The quantitative estimate of drug-likeness (QED) is 0.263. The molecule has 0 amide bonds. The zero-order valence-corrected chi connectivity index (χ0v) is 20.7. The van der Waals surface area contributed by atoms with Crippen LogP contribution in [0.2, 0.25) is 0 Å². The number of aromatic nitrogens is 3. The second kappa shape index (κ2) is 9.63. The fourth-order valence-corrected chi connectivity index (χ4v) is 4.69. The average molecular weight is 485 g/mol. The van der Waals surface area contributed by atoms with E-state index >= 15 is 0 Å². The molecule has 0 radical (unpaired) electrons. The number of benzene rings is 4. The van der Waals surface area contributed by atoms with E-state index < -0.39 is 0 Å². The molecule has 6 aromatic rings. The van der Waals surface area contributed by atoms with E-state index in [9.17, 15) is 0 Å². The summed E-state index contributed by atoms with van der Waals surface area (Å²) in [7, 11) is 3.27. The molecule has 0 aliphatic heterocycles. The van der Waals surface area contributed by atoms with Gasteiger partial charge in [-0.15, -0.1) is 0 Å². The minimum absolute atomic E-state index is 0.643. The monoisotopic (exact) mass is 484 g/mol. The van der Waals surface area contributed by atoms with Crippen LogP contribution in [-0.4, -0.2) is 24.2 Å². The number of H-pyrrole nitrogens is 1. The highest BCUT2D eigenvalue weighted by Gasteiger charge is 2.25. The molecule has 4 aromatic carbocycles. The molecule has 0 unspecified atom stereocenters. The van der Waals surface area contributed by atoms with Gasteiger partial charge in [0.1, 0.15) is 16.9 Å². The van der Waals surface area contributed by atoms with Gasteiger partial charge in [0.15, 0.2) is 17.0 Å². The van der Waals surface area contributed by atoms with Crippen LogP contribution in [0.15, 0.2) is 115 Å². The highest BCUT2D eigenvalue weighted by molar-refractivity contribution is 5.81. The van der Waals surface area contributed by atoms with Crippen molar-refractivity contribution in [2.45, 2.75) is 0 Å². The number of fused-ring (bicyclic) bond motifs is 1. The Hall–Kier alpha value is -4.90. The lowest BCUT2D eigenvalue weighted by Gasteiger charge is -2.15. The van der Waals surface area contributed by atoms with Crippen molar-refractivity contribution in [1.29, 1.82) is 0 Å². The van der Waals surface area contributed by atoms with Gasteiger partial charge in [0.2, 0.25) is 0 Å². The molecule has 0 bridgehead atoms. The molecule has 180 valence electrons. The van der Waals surface area contributed by atoms with Gasteiger partial charge in [-0.05, 0) is 23.3 Å². The SMILES string of the molecule is COc1cc2nc(-[n+]3c(-c4ccccc4)cc(-c4ccccc4)cc3-c3ccccc3)[nH]c2cc1OC. The maximum Gasteiger partial charge on any atom is 0.402 e. The molecule has 0 saturated carbocycles. The highest BCUT2D eigenvalue weighted by atomic mass is 16.5. The maximum absolute atomic E-state index is 5.53. The fourth-order valence-electron chi connectivity index (χ4n) is 4.69. The number of methoxy groups -OCH3 is 2. The first-order valence-electron chi connectivity index (χ1n) is 12.1. The minimum atomic E-state index is 0.643. The lowest BCUT2D eigenvalue weighted by Crippen LogP contribution is -2.37. The summed E-state index contributed by atoms with van der Waals surface area (Å²) >= 11 is 0. The van der Waals surface area contributed by atoms with Crippen LogP contribution in [-0.2, 0) is 0 Å². The number of hydrogen-bond donors (Lipinski definition) is 1. The lowest BCUT2D eigenvalue weighted by atomic mass is 9.99. The molecule has 6 rings (SSSR count). The predicted octanol–water partition coefficient (Wildman–Crippen LogP) is 6.86. The summed E-state index contributed by atoms with van der Waals surface area (Å²) in [6.45, 7) is 0. The van der Waals surface area contributed by atoms with E-state index in [1.54, 1.807) is 14.2 Å². The highest BCUT2D eigenvalue weighted by Crippen LogP contribution is 2.33. The van der Waals surface area contributed by atoms with Crippen molar-refractivity contribution < 1.29 is 14.0 Å². The van der Waals surface area contributed by atoms with Crippen LogP contribution in [0.3, 0.4) is 0 Å². The van der Waals surface area contributed by atoms with E-state index in [1.165, 1.54) is 0 Å². The summed E-state index contributed by atoms with van der Waals surface area (Å²) in [6.07, 6.45) is 0. The van der Waals surface area contributed by atoms with Crippen LogP contribution in [0.5, 0.6) is 11.5 Å². The molecule has 0 saturated heterocycles. The van der Waals surface area contributed by atoms with E-state index in [4.69, 9.17) is 14.5 Å². The van der Waals surface area contributed by atoms with Crippen molar-refractivity contribution in [1.82, 2.24) is 9.97 Å². The second-order valence-electron chi connectivity index (χ2n) is 8.73. The molecular weight excluding hydrogens is 458 g/mol. The first-order valence-corrected chi connectivity index (χ1v) is 12.1. The molecular formula is C32H26N3O2+. The molecule has 0 atom stereocenters. The predicted molar refractivity (Wildman–Crippen MR) is 147 cm³/mol. The third-order valence-corrected chi connectivity index (χ3v) is 6.50. The summed E-state index contributed by atoms with van der Waals surface area (Å²) in [4.78, 5) is 8.55. The Morgan fingerprint density at radius 1 is 0.568 bits per heavy atom. The van der Waals surface area contributed by atoms with Crippen molar-refractivity contribution in [3.63, 3.8) is 0 Å². The largest absolute Gasteiger partial charge is 0.493 e. The fraction of sp³-hybridized carbons (Fsp3) is 0.0625. The number of aromatic amines is 1. The molecule has 0 fully saturated rings. The maximum atomic E-state index is 5.53. The Labute approximate surface area is 215 Å². The molecule has 1 N–H and O–H groups in total. The Morgan fingerprint density at radius 2 is 1.05 bits per heavy atom. The van der Waals surface area contributed by atoms with Gasteiger partial charge in [-0.25, -0.2) is 4.98 Å². The second-order valence-corrected chi connectivity index (χ2v) is 8.73. The summed E-state index contributed by atoms with van der Waals surface area (Å²) < 4.78 is 13.2. The van der Waals surface area contributed by atoms with Gasteiger partial charge in [0.25, 0.3) is 0 Å².